The van der Waals surface area contributed by atoms with Crippen molar-refractivity contribution in [3.8, 4) is 0 Å². The van der Waals surface area contributed by atoms with E-state index in [-0.39, 0.29) is 11.7 Å². The van der Waals surface area contributed by atoms with Crippen LogP contribution in [0.4, 0.5) is 5.69 Å². The number of hydrogen-bond acceptors (Lipinski definition) is 6. The van der Waals surface area contributed by atoms with Crippen LogP contribution >= 0.6 is 11.3 Å². The summed E-state index contributed by atoms with van der Waals surface area (Å²) in [5.74, 6) is -0.223. The van der Waals surface area contributed by atoms with E-state index in [0.717, 1.165) is 15.9 Å². The van der Waals surface area contributed by atoms with Crippen LogP contribution in [0.2, 0.25) is 0 Å². The van der Waals surface area contributed by atoms with Gasteiger partial charge in [-0.2, -0.15) is 5.10 Å². The monoisotopic (exact) mass is 330 g/mol. The van der Waals surface area contributed by atoms with Crippen LogP contribution in [-0.2, 0) is 16.9 Å². The molecule has 0 bridgehead atoms. The van der Waals surface area contributed by atoms with E-state index in [1.807, 2.05) is 6.92 Å². The third kappa shape index (κ3) is 3.35. The molecule has 1 amide bonds. The lowest BCUT2D eigenvalue weighted by molar-refractivity contribution is 0.0958. The Morgan fingerprint density at radius 3 is 2.71 bits per heavy atom. The molecule has 0 aliphatic carbocycles. The normalized spacial score (nSPS) is 12.0. The Hall–Kier alpha value is -1.61. The number of hydrogen-bond donors (Lipinski definition) is 2. The van der Waals surface area contributed by atoms with Crippen LogP contribution < -0.4 is 11.1 Å². The van der Waals surface area contributed by atoms with Crippen LogP contribution in [0.25, 0.3) is 10.2 Å². The number of nitrogens with one attached hydrogen (secondary N) is 1. The summed E-state index contributed by atoms with van der Waals surface area (Å²) in [6, 6.07) is 0. The first-order valence-electron chi connectivity index (χ1n) is 6.38. The fraction of sp³-hybridized carbons (Fsp3) is 0.500. The molecule has 0 unspecified atom stereocenters. The third-order valence-corrected chi connectivity index (χ3v) is 5.37. The van der Waals surface area contributed by atoms with Gasteiger partial charge in [-0.3, -0.25) is 9.48 Å². The minimum atomic E-state index is -3.00. The average Bonchev–Trinajstić information content (AvgIpc) is 2.84. The molecule has 0 aliphatic heterocycles. The molecule has 2 rings (SSSR count). The second kappa shape index (κ2) is 5.64. The minimum absolute atomic E-state index is 0.0538. The van der Waals surface area contributed by atoms with Crippen LogP contribution in [0, 0.1) is 6.92 Å². The number of nitrogen functional groups attached to an aromatic ring is 1. The highest BCUT2D eigenvalue weighted by Crippen LogP contribution is 2.35. The number of aromatic nitrogens is 2. The molecule has 116 valence electrons. The molecule has 0 atom stereocenters. The first-order chi connectivity index (χ1) is 9.70. The maximum Gasteiger partial charge on any atom is 0.263 e. The van der Waals surface area contributed by atoms with Gasteiger partial charge in [0.2, 0.25) is 0 Å². The number of aryl methyl sites for hydroxylation is 2. The smallest absolute Gasteiger partial charge is 0.263 e. The Kier molecular flexibility index (Phi) is 4.24. The number of anilines is 1. The molecule has 7 nitrogen and oxygen atoms in total. The van der Waals surface area contributed by atoms with Crippen molar-refractivity contribution in [3.05, 3.63) is 10.6 Å². The molecule has 0 saturated carbocycles. The van der Waals surface area contributed by atoms with Gasteiger partial charge >= 0.3 is 0 Å². The maximum absolute atomic E-state index is 12.1. The Balaban J connectivity index is 2.10. The molecule has 0 aromatic carbocycles. The Bertz CT molecular complexity index is 789. The van der Waals surface area contributed by atoms with Gasteiger partial charge in [-0.15, -0.1) is 11.3 Å². The van der Waals surface area contributed by atoms with Gasteiger partial charge in [-0.25, -0.2) is 8.42 Å². The highest BCUT2D eigenvalue weighted by atomic mass is 32.2. The predicted molar refractivity (Wildman–Crippen MR) is 84.4 cm³/mol. The molecule has 0 fully saturated rings. The van der Waals surface area contributed by atoms with E-state index in [0.29, 0.717) is 23.5 Å². The standard InChI is InChI=1S/C12H18N4O3S2/c1-7-8-9(13)10(20-12(8)16(2)15-7)11(17)14-5-4-6-21(3,18)19/h4-6,13H2,1-3H3,(H,14,17). The van der Waals surface area contributed by atoms with Gasteiger partial charge in [0.1, 0.15) is 19.5 Å². The van der Waals surface area contributed by atoms with Crippen LogP contribution in [0.5, 0.6) is 0 Å². The molecule has 0 saturated heterocycles. The van der Waals surface area contributed by atoms with Crippen LogP contribution in [0.1, 0.15) is 21.8 Å². The average molecular weight is 330 g/mol. The number of fused-ring (bicyclic) bond motifs is 1. The second-order valence-corrected chi connectivity index (χ2v) is 8.23. The van der Waals surface area contributed by atoms with Crippen LogP contribution in [0.3, 0.4) is 0 Å². The van der Waals surface area contributed by atoms with E-state index >= 15 is 0 Å². The zero-order valence-corrected chi connectivity index (χ0v) is 13.8. The lowest BCUT2D eigenvalue weighted by Crippen LogP contribution is -2.25. The Morgan fingerprint density at radius 2 is 2.14 bits per heavy atom. The van der Waals surface area contributed by atoms with Gasteiger partial charge in [-0.05, 0) is 13.3 Å². The number of sulfone groups is 1. The van der Waals surface area contributed by atoms with Gasteiger partial charge in [-0.1, -0.05) is 0 Å². The summed E-state index contributed by atoms with van der Waals surface area (Å²) in [6.45, 7) is 2.15. The molecular weight excluding hydrogens is 312 g/mol. The van der Waals surface area contributed by atoms with Gasteiger partial charge in [0.15, 0.2) is 0 Å². The highest BCUT2D eigenvalue weighted by molar-refractivity contribution is 7.90. The van der Waals surface area contributed by atoms with Gasteiger partial charge in [0.05, 0.1) is 22.5 Å². The van der Waals surface area contributed by atoms with E-state index in [1.165, 1.54) is 17.6 Å². The number of nitrogens with zero attached hydrogens (tertiary/aromatic N) is 2. The fourth-order valence-electron chi connectivity index (χ4n) is 2.11. The summed E-state index contributed by atoms with van der Waals surface area (Å²) in [6.07, 6.45) is 1.56. The lowest BCUT2D eigenvalue weighted by atomic mass is 10.2. The minimum Gasteiger partial charge on any atom is -0.397 e. The van der Waals surface area contributed by atoms with Crippen molar-refractivity contribution in [1.82, 2.24) is 15.1 Å². The van der Waals surface area contributed by atoms with Crippen molar-refractivity contribution in [2.24, 2.45) is 7.05 Å². The molecule has 2 aromatic heterocycles. The molecule has 0 radical (unpaired) electrons. The third-order valence-electron chi connectivity index (χ3n) is 3.07. The van der Waals surface area contributed by atoms with Crippen LogP contribution in [0.15, 0.2) is 0 Å². The SMILES string of the molecule is Cc1nn(C)c2sc(C(=O)NCCCS(C)(=O)=O)c(N)c12. The zero-order valence-electron chi connectivity index (χ0n) is 12.1. The number of thiophene rings is 1. The number of rotatable bonds is 5. The van der Waals surface area contributed by atoms with E-state index in [1.54, 1.807) is 11.7 Å². The predicted octanol–water partition coefficient (Wildman–Crippen LogP) is 0.690. The zero-order chi connectivity index (χ0) is 15.8. The van der Waals surface area contributed by atoms with Crippen molar-refractivity contribution >= 4 is 43.0 Å². The van der Waals surface area contributed by atoms with Gasteiger partial charge in [0.25, 0.3) is 5.91 Å². The maximum atomic E-state index is 12.1. The molecule has 0 spiro atoms. The summed E-state index contributed by atoms with van der Waals surface area (Å²) < 4.78 is 23.7. The molecule has 3 N–H and O–H groups in total. The summed E-state index contributed by atoms with van der Waals surface area (Å²) in [5.41, 5.74) is 7.25. The van der Waals surface area contributed by atoms with E-state index in [2.05, 4.69) is 10.4 Å². The number of carbonyl (C=O) groups excluding carboxylic acids is 1. The topological polar surface area (TPSA) is 107 Å². The summed E-state index contributed by atoms with van der Waals surface area (Å²) >= 11 is 1.29. The Labute approximate surface area is 127 Å². The molecule has 21 heavy (non-hydrogen) atoms. The van der Waals surface area contributed by atoms with Gasteiger partial charge in [0, 0.05) is 19.8 Å². The molecule has 9 heteroatoms. The van der Waals surface area contributed by atoms with Crippen molar-refractivity contribution in [2.45, 2.75) is 13.3 Å². The van der Waals surface area contributed by atoms with E-state index in [4.69, 9.17) is 5.73 Å². The molecule has 2 heterocycles. The Morgan fingerprint density at radius 1 is 1.48 bits per heavy atom. The largest absolute Gasteiger partial charge is 0.397 e. The first-order valence-corrected chi connectivity index (χ1v) is 9.26. The number of nitrogens with two attached hydrogens (primary N) is 1. The summed E-state index contributed by atoms with van der Waals surface area (Å²) in [5, 5.41) is 7.77. The van der Waals surface area contributed by atoms with Crippen molar-refractivity contribution < 1.29 is 13.2 Å². The lowest BCUT2D eigenvalue weighted by Gasteiger charge is -2.04. The number of carbonyl (C=O) groups is 1. The first kappa shape index (κ1) is 15.8. The summed E-state index contributed by atoms with van der Waals surface area (Å²) in [7, 11) is -1.20. The highest BCUT2D eigenvalue weighted by Gasteiger charge is 2.20. The van der Waals surface area contributed by atoms with Crippen molar-refractivity contribution in [2.75, 3.05) is 24.3 Å². The van der Waals surface area contributed by atoms with E-state index in [9.17, 15) is 13.2 Å². The summed E-state index contributed by atoms with van der Waals surface area (Å²) in [4.78, 5) is 13.4. The second-order valence-electron chi connectivity index (χ2n) is 4.97. The quantitative estimate of drug-likeness (QED) is 0.784. The van der Waals surface area contributed by atoms with E-state index < -0.39 is 9.84 Å². The fourth-order valence-corrected chi connectivity index (χ4v) is 3.89. The number of amides is 1. The van der Waals surface area contributed by atoms with Crippen molar-refractivity contribution in [1.29, 1.82) is 0 Å². The van der Waals surface area contributed by atoms with Crippen molar-refractivity contribution in [3.63, 3.8) is 0 Å². The molecule has 0 aliphatic rings. The van der Waals surface area contributed by atoms with Gasteiger partial charge < -0.3 is 11.1 Å². The molecule has 2 aromatic rings. The molecular formula is C12H18N4O3S2. The van der Waals surface area contributed by atoms with Crippen LogP contribution in [-0.4, -0.2) is 42.7 Å².